The first-order valence-electron chi connectivity index (χ1n) is 7.85. The Labute approximate surface area is 141 Å². The Balaban J connectivity index is 2.11. The molecule has 0 spiro atoms. The van der Waals surface area contributed by atoms with Gasteiger partial charge in [0, 0.05) is 12.5 Å². The van der Waals surface area contributed by atoms with Crippen LogP contribution in [0.15, 0.2) is 59.0 Å². The third-order valence-corrected chi connectivity index (χ3v) is 3.99. The quantitative estimate of drug-likeness (QED) is 0.442. The molecule has 3 rings (SSSR count). The predicted octanol–water partition coefficient (Wildman–Crippen LogP) is 5.93. The lowest BCUT2D eigenvalue weighted by molar-refractivity contribution is 0.0986. The molecule has 1 aromatic heterocycles. The first kappa shape index (κ1) is 15.8. The van der Waals surface area contributed by atoms with Crippen LogP contribution in [-0.2, 0) is 6.42 Å². The van der Waals surface area contributed by atoms with E-state index in [9.17, 15) is 4.79 Å². The standard InChI is InChI=1S/C21H17NO2/c1-4-18-20(22-3)19(21(24-18)14(2)23)17-12-10-16(11-13-17)15-8-6-5-7-9-15/h5-13H,4H2,1-2H3. The minimum absolute atomic E-state index is 0.165. The van der Waals surface area contributed by atoms with Crippen LogP contribution in [0.25, 0.3) is 27.1 Å². The molecule has 3 nitrogen and oxygen atoms in total. The van der Waals surface area contributed by atoms with Gasteiger partial charge in [-0.1, -0.05) is 61.5 Å². The Bertz CT molecular complexity index is 913. The number of aryl methyl sites for hydroxylation is 1. The maximum atomic E-state index is 11.9. The highest BCUT2D eigenvalue weighted by atomic mass is 16.3. The van der Waals surface area contributed by atoms with E-state index in [0.717, 1.165) is 16.7 Å². The van der Waals surface area contributed by atoms with Crippen molar-refractivity contribution in [2.45, 2.75) is 20.3 Å². The zero-order valence-corrected chi connectivity index (χ0v) is 13.7. The zero-order chi connectivity index (χ0) is 17.1. The first-order valence-corrected chi connectivity index (χ1v) is 7.85. The van der Waals surface area contributed by atoms with Crippen LogP contribution in [0.5, 0.6) is 0 Å². The summed E-state index contributed by atoms with van der Waals surface area (Å²) in [7, 11) is 0. The average molecular weight is 315 g/mol. The maximum absolute atomic E-state index is 11.9. The van der Waals surface area contributed by atoms with Crippen LogP contribution in [0.3, 0.4) is 0 Å². The van der Waals surface area contributed by atoms with Crippen molar-refractivity contribution in [2.24, 2.45) is 0 Å². The van der Waals surface area contributed by atoms with Crippen molar-refractivity contribution in [3.63, 3.8) is 0 Å². The smallest absolute Gasteiger partial charge is 0.236 e. The summed E-state index contributed by atoms with van der Waals surface area (Å²) in [5.74, 6) is 0.671. The lowest BCUT2D eigenvalue weighted by Crippen LogP contribution is -1.92. The first-order chi connectivity index (χ1) is 11.7. The van der Waals surface area contributed by atoms with Gasteiger partial charge in [-0.3, -0.25) is 4.79 Å². The minimum atomic E-state index is -0.165. The van der Waals surface area contributed by atoms with Crippen LogP contribution < -0.4 is 0 Å². The number of benzene rings is 2. The monoisotopic (exact) mass is 315 g/mol. The summed E-state index contributed by atoms with van der Waals surface area (Å²) < 4.78 is 5.65. The van der Waals surface area contributed by atoms with E-state index in [2.05, 4.69) is 4.85 Å². The van der Waals surface area contributed by atoms with Crippen molar-refractivity contribution in [1.29, 1.82) is 0 Å². The van der Waals surface area contributed by atoms with Gasteiger partial charge in [0.1, 0.15) is 5.76 Å². The molecule has 1 heterocycles. The largest absolute Gasteiger partial charge is 0.470 e. The molecule has 24 heavy (non-hydrogen) atoms. The Morgan fingerprint density at radius 2 is 1.58 bits per heavy atom. The molecule has 3 heteroatoms. The summed E-state index contributed by atoms with van der Waals surface area (Å²) in [6.07, 6.45) is 0.583. The van der Waals surface area contributed by atoms with Gasteiger partial charge in [0.25, 0.3) is 0 Å². The molecule has 0 aliphatic heterocycles. The second kappa shape index (κ2) is 6.55. The van der Waals surface area contributed by atoms with E-state index in [-0.39, 0.29) is 11.5 Å². The van der Waals surface area contributed by atoms with Crippen LogP contribution in [-0.4, -0.2) is 5.78 Å². The molecular weight excluding hydrogens is 298 g/mol. The van der Waals surface area contributed by atoms with Crippen LogP contribution in [0.4, 0.5) is 5.69 Å². The Morgan fingerprint density at radius 1 is 1.00 bits per heavy atom. The molecule has 0 amide bonds. The molecule has 0 saturated carbocycles. The molecule has 0 unspecified atom stereocenters. The summed E-state index contributed by atoms with van der Waals surface area (Å²) in [4.78, 5) is 15.5. The predicted molar refractivity (Wildman–Crippen MR) is 95.2 cm³/mol. The fraction of sp³-hybridized carbons (Fsp3) is 0.143. The molecule has 3 aromatic rings. The second-order valence-electron chi connectivity index (χ2n) is 5.54. The average Bonchev–Trinajstić information content (AvgIpc) is 3.01. The molecule has 0 N–H and O–H groups in total. The highest BCUT2D eigenvalue weighted by Gasteiger charge is 2.23. The van der Waals surface area contributed by atoms with Crippen LogP contribution in [0.2, 0.25) is 0 Å². The molecule has 0 aliphatic carbocycles. The molecule has 0 bridgehead atoms. The van der Waals surface area contributed by atoms with Crippen LogP contribution in [0, 0.1) is 6.57 Å². The van der Waals surface area contributed by atoms with Crippen molar-refractivity contribution in [1.82, 2.24) is 0 Å². The van der Waals surface area contributed by atoms with Gasteiger partial charge in [-0.25, -0.2) is 4.85 Å². The Kier molecular flexibility index (Phi) is 4.31. The number of rotatable bonds is 4. The topological polar surface area (TPSA) is 34.6 Å². The Morgan fingerprint density at radius 3 is 2.12 bits per heavy atom. The summed E-state index contributed by atoms with van der Waals surface area (Å²) in [5, 5.41) is 0. The fourth-order valence-electron chi connectivity index (χ4n) is 2.80. The number of hydrogen-bond acceptors (Lipinski definition) is 2. The van der Waals surface area contributed by atoms with Gasteiger partial charge in [-0.05, 0) is 23.1 Å². The number of ketones is 1. The van der Waals surface area contributed by atoms with Crippen LogP contribution in [0.1, 0.15) is 30.2 Å². The fourth-order valence-corrected chi connectivity index (χ4v) is 2.80. The summed E-state index contributed by atoms with van der Waals surface area (Å²) >= 11 is 0. The van der Waals surface area contributed by atoms with Gasteiger partial charge < -0.3 is 4.42 Å². The number of nitrogens with zero attached hydrogens (tertiary/aromatic N) is 1. The number of furan rings is 1. The molecule has 0 atom stereocenters. The molecule has 2 aromatic carbocycles. The highest BCUT2D eigenvalue weighted by Crippen LogP contribution is 2.40. The second-order valence-corrected chi connectivity index (χ2v) is 5.54. The van der Waals surface area contributed by atoms with E-state index in [4.69, 9.17) is 11.0 Å². The molecule has 0 saturated heterocycles. The van der Waals surface area contributed by atoms with E-state index in [0.29, 0.717) is 23.4 Å². The third-order valence-electron chi connectivity index (χ3n) is 3.99. The van der Waals surface area contributed by atoms with Crippen molar-refractivity contribution in [2.75, 3.05) is 0 Å². The van der Waals surface area contributed by atoms with Gasteiger partial charge in [0.2, 0.25) is 5.69 Å². The van der Waals surface area contributed by atoms with Gasteiger partial charge in [-0.2, -0.15) is 0 Å². The molecule has 0 radical (unpaired) electrons. The van der Waals surface area contributed by atoms with E-state index in [1.165, 1.54) is 6.92 Å². The van der Waals surface area contributed by atoms with E-state index < -0.39 is 0 Å². The van der Waals surface area contributed by atoms with Gasteiger partial charge >= 0.3 is 0 Å². The minimum Gasteiger partial charge on any atom is -0.470 e. The number of carbonyl (C=O) groups is 1. The number of hydrogen-bond donors (Lipinski definition) is 0. The van der Waals surface area contributed by atoms with E-state index in [1.807, 2.05) is 61.5 Å². The molecule has 0 fully saturated rings. The van der Waals surface area contributed by atoms with Crippen molar-refractivity contribution in [3.8, 4) is 22.3 Å². The van der Waals surface area contributed by atoms with Gasteiger partial charge in [0.15, 0.2) is 11.5 Å². The summed E-state index contributed by atoms with van der Waals surface area (Å²) in [6.45, 7) is 10.8. The lowest BCUT2D eigenvalue weighted by Gasteiger charge is -2.05. The highest BCUT2D eigenvalue weighted by molar-refractivity contribution is 6.02. The van der Waals surface area contributed by atoms with Gasteiger partial charge in [0.05, 0.1) is 6.57 Å². The lowest BCUT2D eigenvalue weighted by atomic mass is 9.98. The van der Waals surface area contributed by atoms with Crippen molar-refractivity contribution >= 4 is 11.5 Å². The van der Waals surface area contributed by atoms with Crippen molar-refractivity contribution in [3.05, 3.63) is 77.5 Å². The SMILES string of the molecule is [C-]#[N+]c1c(CC)oc(C(C)=O)c1-c1ccc(-c2ccccc2)cc1. The van der Waals surface area contributed by atoms with Gasteiger partial charge in [-0.15, -0.1) is 0 Å². The maximum Gasteiger partial charge on any atom is 0.236 e. The van der Waals surface area contributed by atoms with Crippen molar-refractivity contribution < 1.29 is 9.21 Å². The normalized spacial score (nSPS) is 10.4. The molecule has 0 aliphatic rings. The molecular formula is C21H17NO2. The summed E-state index contributed by atoms with van der Waals surface area (Å²) in [5.41, 5.74) is 4.09. The van der Waals surface area contributed by atoms with E-state index >= 15 is 0 Å². The molecule has 118 valence electrons. The zero-order valence-electron chi connectivity index (χ0n) is 13.7. The number of Topliss-reactive ketones (excluding diaryl/α,β-unsaturated/α-hetero) is 1. The number of carbonyl (C=O) groups excluding carboxylic acids is 1. The third kappa shape index (κ3) is 2.75. The van der Waals surface area contributed by atoms with Crippen LogP contribution >= 0.6 is 0 Å². The Hall–Kier alpha value is -3.12. The van der Waals surface area contributed by atoms with E-state index in [1.54, 1.807) is 0 Å². The summed E-state index contributed by atoms with van der Waals surface area (Å²) in [6, 6.07) is 18.0.